The van der Waals surface area contributed by atoms with Gasteiger partial charge in [-0.2, -0.15) is 0 Å². The number of anilines is 1. The first-order chi connectivity index (χ1) is 6.27. The van der Waals surface area contributed by atoms with Gasteiger partial charge in [-0.3, -0.25) is 9.69 Å². The van der Waals surface area contributed by atoms with Crippen molar-refractivity contribution in [2.45, 2.75) is 12.8 Å². The molecule has 0 N–H and O–H groups in total. The van der Waals surface area contributed by atoms with Gasteiger partial charge < -0.3 is 0 Å². The van der Waals surface area contributed by atoms with Crippen molar-refractivity contribution in [2.75, 3.05) is 11.4 Å². The molecule has 2 heterocycles. The highest BCUT2D eigenvalue weighted by Crippen LogP contribution is 2.19. The van der Waals surface area contributed by atoms with Crippen molar-refractivity contribution in [1.29, 1.82) is 0 Å². The first-order valence-corrected chi connectivity index (χ1v) is 4.50. The molecule has 4 heteroatoms. The topological polar surface area (TPSA) is 33.2 Å². The number of carbonyl (C=O) groups excluding carboxylic acids is 1. The summed E-state index contributed by atoms with van der Waals surface area (Å²) in [5, 5.41) is 0.303. The minimum absolute atomic E-state index is 0.120. The lowest BCUT2D eigenvalue weighted by Crippen LogP contribution is -2.24. The second kappa shape index (κ2) is 3.34. The number of amides is 1. The SMILES string of the molecule is O=C1CCCN1c1cc[c]c(Cl)n1. The maximum absolute atomic E-state index is 11.3. The Bertz CT molecular complexity index is 340. The Morgan fingerprint density at radius 2 is 2.46 bits per heavy atom. The van der Waals surface area contributed by atoms with Crippen LogP contribution in [-0.4, -0.2) is 17.4 Å². The summed E-state index contributed by atoms with van der Waals surface area (Å²) in [5.41, 5.74) is 0. The van der Waals surface area contributed by atoms with Crippen molar-refractivity contribution in [3.63, 3.8) is 0 Å². The Labute approximate surface area is 81.3 Å². The van der Waals surface area contributed by atoms with Gasteiger partial charge in [0.1, 0.15) is 11.0 Å². The quantitative estimate of drug-likeness (QED) is 0.639. The molecule has 0 bridgehead atoms. The van der Waals surface area contributed by atoms with E-state index < -0.39 is 0 Å². The molecule has 1 radical (unpaired) electrons. The van der Waals surface area contributed by atoms with Gasteiger partial charge in [-0.1, -0.05) is 11.6 Å². The van der Waals surface area contributed by atoms with Crippen LogP contribution in [0.15, 0.2) is 12.1 Å². The minimum atomic E-state index is 0.120. The smallest absolute Gasteiger partial charge is 0.228 e. The zero-order valence-electron chi connectivity index (χ0n) is 6.96. The molecular weight excluding hydrogens is 188 g/mol. The highest BCUT2D eigenvalue weighted by Gasteiger charge is 2.22. The molecule has 1 saturated heterocycles. The Morgan fingerprint density at radius 3 is 3.08 bits per heavy atom. The van der Waals surface area contributed by atoms with Gasteiger partial charge in [-0.15, -0.1) is 0 Å². The van der Waals surface area contributed by atoms with Crippen LogP contribution in [0.25, 0.3) is 0 Å². The molecule has 67 valence electrons. The van der Waals surface area contributed by atoms with E-state index in [1.54, 1.807) is 17.0 Å². The fourth-order valence-corrected chi connectivity index (χ4v) is 1.55. The molecule has 1 aromatic rings. The molecule has 2 rings (SSSR count). The molecule has 0 aliphatic carbocycles. The number of hydrogen-bond donors (Lipinski definition) is 0. The van der Waals surface area contributed by atoms with Crippen LogP contribution in [-0.2, 0) is 4.79 Å². The Hall–Kier alpha value is -1.09. The lowest BCUT2D eigenvalue weighted by Gasteiger charge is -2.13. The van der Waals surface area contributed by atoms with E-state index in [-0.39, 0.29) is 5.91 Å². The fourth-order valence-electron chi connectivity index (χ4n) is 1.40. The van der Waals surface area contributed by atoms with Crippen molar-refractivity contribution >= 4 is 23.3 Å². The molecule has 0 saturated carbocycles. The van der Waals surface area contributed by atoms with Gasteiger partial charge in [-0.25, -0.2) is 4.98 Å². The summed E-state index contributed by atoms with van der Waals surface area (Å²) >= 11 is 5.67. The molecular formula is C9H8ClN2O. The number of aromatic nitrogens is 1. The van der Waals surface area contributed by atoms with Gasteiger partial charge in [0.05, 0.1) is 0 Å². The van der Waals surface area contributed by atoms with Crippen LogP contribution in [0.3, 0.4) is 0 Å². The summed E-state index contributed by atoms with van der Waals surface area (Å²) in [6.45, 7) is 0.742. The summed E-state index contributed by atoms with van der Waals surface area (Å²) < 4.78 is 0. The van der Waals surface area contributed by atoms with Crippen molar-refractivity contribution < 1.29 is 4.79 Å². The Balaban J connectivity index is 2.29. The molecule has 0 aromatic carbocycles. The van der Waals surface area contributed by atoms with Gasteiger partial charge >= 0.3 is 0 Å². The van der Waals surface area contributed by atoms with Gasteiger partial charge in [0.15, 0.2) is 0 Å². The van der Waals surface area contributed by atoms with Crippen LogP contribution in [0.5, 0.6) is 0 Å². The zero-order valence-corrected chi connectivity index (χ0v) is 7.71. The van der Waals surface area contributed by atoms with Crippen LogP contribution in [0.2, 0.25) is 5.15 Å². The summed E-state index contributed by atoms with van der Waals surface area (Å²) in [5.74, 6) is 0.751. The third-order valence-electron chi connectivity index (χ3n) is 2.00. The zero-order chi connectivity index (χ0) is 9.26. The number of nitrogens with zero attached hydrogens (tertiary/aromatic N) is 2. The first kappa shape index (κ1) is 8.51. The third kappa shape index (κ3) is 1.65. The summed E-state index contributed by atoms with van der Waals surface area (Å²) in [7, 11) is 0. The molecule has 3 nitrogen and oxygen atoms in total. The lowest BCUT2D eigenvalue weighted by atomic mass is 10.4. The van der Waals surface area contributed by atoms with Crippen molar-refractivity contribution in [3.8, 4) is 0 Å². The number of halogens is 1. The molecule has 0 unspecified atom stereocenters. The lowest BCUT2D eigenvalue weighted by molar-refractivity contribution is -0.117. The van der Waals surface area contributed by atoms with Crippen molar-refractivity contribution in [3.05, 3.63) is 23.4 Å². The van der Waals surface area contributed by atoms with Crippen LogP contribution in [0.4, 0.5) is 5.82 Å². The van der Waals surface area contributed by atoms with Crippen LogP contribution in [0.1, 0.15) is 12.8 Å². The summed E-state index contributed by atoms with van der Waals surface area (Å²) in [6.07, 6.45) is 1.51. The van der Waals surface area contributed by atoms with E-state index in [4.69, 9.17) is 11.6 Å². The molecule has 1 fully saturated rings. The fraction of sp³-hybridized carbons (Fsp3) is 0.333. The van der Waals surface area contributed by atoms with Gasteiger partial charge in [0, 0.05) is 19.0 Å². The second-order valence-electron chi connectivity index (χ2n) is 2.89. The van der Waals surface area contributed by atoms with Gasteiger partial charge in [0.2, 0.25) is 5.91 Å². The van der Waals surface area contributed by atoms with Crippen LogP contribution >= 0.6 is 11.6 Å². The standard InChI is InChI=1S/C9H8ClN2O/c10-7-3-1-4-8(11-7)12-6-2-5-9(12)13/h1,4H,2,5-6H2. The Morgan fingerprint density at radius 1 is 1.62 bits per heavy atom. The summed E-state index contributed by atoms with van der Waals surface area (Å²) in [6, 6.07) is 6.15. The first-order valence-electron chi connectivity index (χ1n) is 4.12. The van der Waals surface area contributed by atoms with Crippen LogP contribution < -0.4 is 4.90 Å². The molecule has 1 aromatic heterocycles. The van der Waals surface area contributed by atoms with E-state index in [2.05, 4.69) is 11.1 Å². The monoisotopic (exact) mass is 195 g/mol. The number of carbonyl (C=O) groups is 1. The highest BCUT2D eigenvalue weighted by molar-refractivity contribution is 6.29. The molecule has 1 aliphatic rings. The van der Waals surface area contributed by atoms with E-state index in [0.717, 1.165) is 13.0 Å². The maximum Gasteiger partial charge on any atom is 0.228 e. The largest absolute Gasteiger partial charge is 0.297 e. The Kier molecular flexibility index (Phi) is 2.19. The molecule has 13 heavy (non-hydrogen) atoms. The van der Waals surface area contributed by atoms with E-state index in [1.807, 2.05) is 0 Å². The van der Waals surface area contributed by atoms with Gasteiger partial charge in [0.25, 0.3) is 0 Å². The average molecular weight is 196 g/mol. The molecule has 0 atom stereocenters. The predicted octanol–water partition coefficient (Wildman–Crippen LogP) is 1.66. The normalized spacial score (nSPS) is 16.7. The second-order valence-corrected chi connectivity index (χ2v) is 3.25. The third-order valence-corrected chi connectivity index (χ3v) is 2.19. The van der Waals surface area contributed by atoms with E-state index >= 15 is 0 Å². The molecule has 1 amide bonds. The van der Waals surface area contributed by atoms with Crippen molar-refractivity contribution in [2.24, 2.45) is 0 Å². The van der Waals surface area contributed by atoms with E-state index in [0.29, 0.717) is 17.4 Å². The van der Waals surface area contributed by atoms with E-state index in [1.165, 1.54) is 0 Å². The summed E-state index contributed by atoms with van der Waals surface area (Å²) in [4.78, 5) is 17.0. The average Bonchev–Trinajstić information content (AvgIpc) is 2.51. The van der Waals surface area contributed by atoms with Crippen molar-refractivity contribution in [1.82, 2.24) is 4.98 Å². The van der Waals surface area contributed by atoms with Gasteiger partial charge in [-0.05, 0) is 18.6 Å². The molecule has 0 spiro atoms. The van der Waals surface area contributed by atoms with Crippen LogP contribution in [0, 0.1) is 6.07 Å². The maximum atomic E-state index is 11.3. The number of hydrogen-bond acceptors (Lipinski definition) is 2. The molecule has 1 aliphatic heterocycles. The minimum Gasteiger partial charge on any atom is -0.297 e. The predicted molar refractivity (Wildman–Crippen MR) is 49.7 cm³/mol. The number of rotatable bonds is 1. The van der Waals surface area contributed by atoms with E-state index in [9.17, 15) is 4.79 Å². The number of pyridine rings is 1. The highest BCUT2D eigenvalue weighted by atomic mass is 35.5.